The first-order valence-corrected chi connectivity index (χ1v) is 15.9. The Morgan fingerprint density at radius 1 is 1.18 bits per heavy atom. The normalized spacial score (nSPS) is 17.2. The maximum absolute atomic E-state index is 14.0. The number of aromatic nitrogens is 5. The minimum Gasteiger partial charge on any atom is -0.354 e. The van der Waals surface area contributed by atoms with E-state index in [2.05, 4.69) is 51.9 Å². The Hall–Kier alpha value is -3.85. The molecule has 1 amide bonds. The molecule has 3 aromatic heterocycles. The average Bonchev–Trinajstić information content (AvgIpc) is 3.45. The fourth-order valence-electron chi connectivity index (χ4n) is 4.36. The Morgan fingerprint density at radius 3 is 2.70 bits per heavy atom. The molecule has 0 spiro atoms. The third-order valence-corrected chi connectivity index (χ3v) is 9.05. The van der Waals surface area contributed by atoms with Gasteiger partial charge in [-0.05, 0) is 59.1 Å². The van der Waals surface area contributed by atoms with Gasteiger partial charge in [0.2, 0.25) is 5.95 Å². The van der Waals surface area contributed by atoms with Gasteiger partial charge < -0.3 is 25.0 Å². The predicted molar refractivity (Wildman–Crippen MR) is 160 cm³/mol. The van der Waals surface area contributed by atoms with Gasteiger partial charge in [-0.2, -0.15) is 23.3 Å². The van der Waals surface area contributed by atoms with E-state index in [4.69, 9.17) is 9.05 Å². The molecule has 0 saturated heterocycles. The Morgan fingerprint density at radius 2 is 1.98 bits per heavy atom. The summed E-state index contributed by atoms with van der Waals surface area (Å²) in [6.45, 7) is 2.49. The monoisotopic (exact) mass is 694 g/mol. The molecule has 0 aliphatic carbocycles. The first kappa shape index (κ1) is 31.6. The second-order valence-electron chi connectivity index (χ2n) is 9.56. The fraction of sp³-hybridized carbons (Fsp3) is 0.296. The summed E-state index contributed by atoms with van der Waals surface area (Å²) in [5.74, 6) is -1.37. The van der Waals surface area contributed by atoms with Crippen LogP contribution < -0.4 is 16.0 Å². The van der Waals surface area contributed by atoms with E-state index in [-0.39, 0.29) is 36.7 Å². The third-order valence-electron chi connectivity index (χ3n) is 6.42. The molecule has 1 unspecified atom stereocenters. The second kappa shape index (κ2) is 13.0. The molecule has 4 aromatic rings. The number of nitrogens with one attached hydrogen (secondary N) is 3. The number of carbonyl (C=O) groups excluding carboxylic acids is 1. The van der Waals surface area contributed by atoms with E-state index in [9.17, 15) is 22.5 Å². The zero-order chi connectivity index (χ0) is 31.5. The van der Waals surface area contributed by atoms with Crippen molar-refractivity contribution in [2.24, 2.45) is 0 Å². The van der Waals surface area contributed by atoms with Crippen LogP contribution in [0.1, 0.15) is 35.0 Å². The number of halogens is 4. The number of benzene rings is 1. The summed E-state index contributed by atoms with van der Waals surface area (Å²) >= 11 is 3.45. The molecular formula is C27H27BrF3N8O4P. The SMILES string of the molecule is CCOP1(=O)Cc2ccc(c(Br)c2)Nc2ncc(C(F)(F)F)c(n2)Nc2ccc(nc2C(=O)NC)-c2cnn(c2)CCCO1. The molecule has 4 aliphatic rings. The molecule has 0 radical (unpaired) electrons. The molecule has 1 aromatic carbocycles. The van der Waals surface area contributed by atoms with Crippen molar-refractivity contribution >= 4 is 52.6 Å². The first-order chi connectivity index (χ1) is 21.0. The number of rotatable bonds is 3. The standard InChI is InChI=1S/C27H27BrF3N8O4P/c1-3-42-44(41)15-16-5-6-21(19(28)11-16)37-26-33-13-18(27(29,30)31)24(38-26)36-22-8-7-20(35-23(22)25(40)32-2)17-12-34-39(14-17)9-4-10-43-44/h5-8,11-14H,3-4,9-10,15H2,1-2H3,(H,32,40)(H2,33,36,37,38). The van der Waals surface area contributed by atoms with Crippen LogP contribution in [0.3, 0.4) is 0 Å². The van der Waals surface area contributed by atoms with E-state index in [0.29, 0.717) is 46.1 Å². The van der Waals surface area contributed by atoms with Crippen molar-refractivity contribution in [3.05, 3.63) is 70.2 Å². The topological polar surface area (TPSA) is 145 Å². The van der Waals surface area contributed by atoms with Crippen LogP contribution in [0.15, 0.2) is 53.4 Å². The highest BCUT2D eigenvalue weighted by molar-refractivity contribution is 9.10. The van der Waals surface area contributed by atoms with E-state index in [1.54, 1.807) is 48.3 Å². The van der Waals surface area contributed by atoms with Gasteiger partial charge in [0.1, 0.15) is 11.4 Å². The number of alkyl halides is 3. The molecule has 0 saturated carbocycles. The van der Waals surface area contributed by atoms with Crippen LogP contribution in [0.2, 0.25) is 0 Å². The molecule has 3 N–H and O–H groups in total. The molecule has 0 fully saturated rings. The van der Waals surface area contributed by atoms with Crippen LogP contribution in [0.25, 0.3) is 11.3 Å². The predicted octanol–water partition coefficient (Wildman–Crippen LogP) is 6.51. The molecule has 1 atom stereocenters. The van der Waals surface area contributed by atoms with Crippen molar-refractivity contribution in [3.8, 4) is 11.3 Å². The Balaban J connectivity index is 1.61. The van der Waals surface area contributed by atoms with Crippen molar-refractivity contribution in [1.29, 1.82) is 0 Å². The van der Waals surface area contributed by atoms with E-state index >= 15 is 0 Å². The van der Waals surface area contributed by atoms with Gasteiger partial charge in [-0.25, -0.2) is 9.97 Å². The van der Waals surface area contributed by atoms with Gasteiger partial charge >= 0.3 is 13.8 Å². The summed E-state index contributed by atoms with van der Waals surface area (Å²) in [4.78, 5) is 25.2. The number of pyridine rings is 1. The molecule has 44 heavy (non-hydrogen) atoms. The number of amides is 1. The lowest BCUT2D eigenvalue weighted by Crippen LogP contribution is -2.21. The smallest absolute Gasteiger partial charge is 0.354 e. The molecule has 17 heteroatoms. The maximum Gasteiger partial charge on any atom is 0.421 e. The minimum atomic E-state index is -4.81. The molecule has 8 rings (SSSR count). The van der Waals surface area contributed by atoms with Crippen molar-refractivity contribution in [2.45, 2.75) is 32.2 Å². The van der Waals surface area contributed by atoms with Crippen LogP contribution in [-0.4, -0.2) is 50.9 Å². The third kappa shape index (κ3) is 7.26. The number of hydrogen-bond acceptors (Lipinski definition) is 10. The summed E-state index contributed by atoms with van der Waals surface area (Å²) in [6.07, 6.45) is -0.421. The highest BCUT2D eigenvalue weighted by atomic mass is 79.9. The zero-order valence-corrected chi connectivity index (χ0v) is 26.0. The second-order valence-corrected chi connectivity index (χ2v) is 12.5. The number of carbonyl (C=O) groups is 1. The van der Waals surface area contributed by atoms with Crippen molar-refractivity contribution in [2.75, 3.05) is 30.9 Å². The van der Waals surface area contributed by atoms with Gasteiger partial charge in [-0.1, -0.05) is 6.07 Å². The largest absolute Gasteiger partial charge is 0.421 e. The quantitative estimate of drug-likeness (QED) is 0.203. The molecular weight excluding hydrogens is 668 g/mol. The van der Waals surface area contributed by atoms with Crippen LogP contribution in [-0.2, 0) is 32.5 Å². The lowest BCUT2D eigenvalue weighted by Gasteiger charge is -2.19. The highest BCUT2D eigenvalue weighted by Crippen LogP contribution is 2.52. The van der Waals surface area contributed by atoms with Crippen LogP contribution in [0.4, 0.5) is 36.3 Å². The number of anilines is 4. The van der Waals surface area contributed by atoms with Crippen LogP contribution >= 0.6 is 23.5 Å². The van der Waals surface area contributed by atoms with Gasteiger partial charge in [0.15, 0.2) is 5.69 Å². The molecule has 232 valence electrons. The molecule has 12 nitrogen and oxygen atoms in total. The number of aryl methyl sites for hydroxylation is 1. The lowest BCUT2D eigenvalue weighted by molar-refractivity contribution is -0.137. The number of nitrogens with zero attached hydrogens (tertiary/aromatic N) is 5. The maximum atomic E-state index is 14.0. The summed E-state index contributed by atoms with van der Waals surface area (Å²) in [5.41, 5.74) is 0.719. The van der Waals surface area contributed by atoms with E-state index < -0.39 is 31.1 Å². The minimum absolute atomic E-state index is 0.000747. The highest BCUT2D eigenvalue weighted by Gasteiger charge is 2.36. The van der Waals surface area contributed by atoms with Gasteiger partial charge in [0.25, 0.3) is 5.91 Å². The average molecular weight is 695 g/mol. The Kier molecular flexibility index (Phi) is 9.34. The van der Waals surface area contributed by atoms with Crippen molar-refractivity contribution in [3.63, 3.8) is 0 Å². The lowest BCUT2D eigenvalue weighted by atomic mass is 10.1. The van der Waals surface area contributed by atoms with E-state index in [1.807, 2.05) is 0 Å². The molecule has 8 bridgehead atoms. The van der Waals surface area contributed by atoms with Crippen molar-refractivity contribution in [1.82, 2.24) is 30.0 Å². The van der Waals surface area contributed by atoms with Gasteiger partial charge in [-0.15, -0.1) is 0 Å². The summed E-state index contributed by atoms with van der Waals surface area (Å²) in [5, 5.41) is 12.3. The summed E-state index contributed by atoms with van der Waals surface area (Å²) < 4.78 is 68.9. The van der Waals surface area contributed by atoms with Gasteiger partial charge in [0.05, 0.1) is 42.6 Å². The Bertz CT molecular complexity index is 1740. The van der Waals surface area contributed by atoms with E-state index in [1.165, 1.54) is 13.1 Å². The van der Waals surface area contributed by atoms with E-state index in [0.717, 1.165) is 0 Å². The number of hydrogen-bond donors (Lipinski definition) is 3. The Labute approximate surface area is 258 Å². The van der Waals surface area contributed by atoms with Gasteiger partial charge in [0, 0.05) is 36.0 Å². The zero-order valence-electron chi connectivity index (χ0n) is 23.5. The molecule has 7 heterocycles. The van der Waals surface area contributed by atoms with Crippen LogP contribution in [0, 0.1) is 0 Å². The molecule has 4 aliphatic heterocycles. The summed E-state index contributed by atoms with van der Waals surface area (Å²) in [7, 11) is -2.12. The fourth-order valence-corrected chi connectivity index (χ4v) is 6.59. The first-order valence-electron chi connectivity index (χ1n) is 13.4. The van der Waals surface area contributed by atoms with Crippen LogP contribution in [0.5, 0.6) is 0 Å². The van der Waals surface area contributed by atoms with Gasteiger partial charge in [-0.3, -0.25) is 14.0 Å². The van der Waals surface area contributed by atoms with Crippen molar-refractivity contribution < 1.29 is 31.6 Å². The summed E-state index contributed by atoms with van der Waals surface area (Å²) in [6, 6.07) is 8.01.